The van der Waals surface area contributed by atoms with Crippen molar-refractivity contribution in [2.24, 2.45) is 7.05 Å². The lowest BCUT2D eigenvalue weighted by molar-refractivity contribution is 0.102. The van der Waals surface area contributed by atoms with Crippen LogP contribution in [0.15, 0.2) is 34.9 Å². The zero-order chi connectivity index (χ0) is 16.6. The summed E-state index contributed by atoms with van der Waals surface area (Å²) in [4.78, 5) is 12.2. The first-order chi connectivity index (χ1) is 10.9. The Kier molecular flexibility index (Phi) is 3.69. The van der Waals surface area contributed by atoms with Gasteiger partial charge in [-0.2, -0.15) is 5.10 Å². The monoisotopic (exact) mass is 314 g/mol. The molecule has 0 saturated heterocycles. The quantitative estimate of drug-likeness (QED) is 0.806. The van der Waals surface area contributed by atoms with Crippen molar-refractivity contribution >= 4 is 11.7 Å². The topological polar surface area (TPSA) is 73.0 Å². The van der Waals surface area contributed by atoms with Crippen molar-refractivity contribution in [3.63, 3.8) is 0 Å². The van der Waals surface area contributed by atoms with Gasteiger partial charge in [0.1, 0.15) is 11.6 Å². The fraction of sp³-hybridized carbons (Fsp3) is 0.188. The minimum absolute atomic E-state index is 0.170. The maximum Gasteiger partial charge on any atom is 0.277 e. The van der Waals surface area contributed by atoms with Gasteiger partial charge in [0.25, 0.3) is 5.91 Å². The number of hydrogen-bond acceptors (Lipinski definition) is 4. The Morgan fingerprint density at radius 1 is 1.26 bits per heavy atom. The van der Waals surface area contributed by atoms with E-state index in [1.54, 1.807) is 38.2 Å². The number of aromatic nitrogens is 3. The summed E-state index contributed by atoms with van der Waals surface area (Å²) in [5, 5.41) is 10.4. The number of amides is 1. The number of aryl methyl sites for hydroxylation is 3. The third-order valence-electron chi connectivity index (χ3n) is 3.38. The van der Waals surface area contributed by atoms with E-state index in [1.165, 1.54) is 10.7 Å². The van der Waals surface area contributed by atoms with Gasteiger partial charge in [0.15, 0.2) is 11.5 Å². The molecule has 0 fully saturated rings. The number of nitrogens with one attached hydrogen (secondary N) is 1. The molecule has 1 N–H and O–H groups in total. The minimum atomic E-state index is -0.437. The lowest BCUT2D eigenvalue weighted by Gasteiger charge is -2.04. The van der Waals surface area contributed by atoms with Crippen LogP contribution >= 0.6 is 0 Å². The number of benzene rings is 1. The molecule has 0 bridgehead atoms. The maximum absolute atomic E-state index is 14.0. The maximum atomic E-state index is 14.0. The van der Waals surface area contributed by atoms with Crippen LogP contribution in [0.3, 0.4) is 0 Å². The lowest BCUT2D eigenvalue weighted by Crippen LogP contribution is -2.13. The highest BCUT2D eigenvalue weighted by Gasteiger charge is 2.17. The molecule has 7 heteroatoms. The molecule has 0 unspecified atom stereocenters. The molecule has 118 valence electrons. The summed E-state index contributed by atoms with van der Waals surface area (Å²) in [7, 11) is 1.66. The van der Waals surface area contributed by atoms with Gasteiger partial charge in [0.05, 0.1) is 5.69 Å². The summed E-state index contributed by atoms with van der Waals surface area (Å²) in [5.74, 6) is 0.0937. The van der Waals surface area contributed by atoms with Crippen LogP contribution in [-0.4, -0.2) is 20.8 Å². The van der Waals surface area contributed by atoms with Gasteiger partial charge >= 0.3 is 0 Å². The fourth-order valence-corrected chi connectivity index (χ4v) is 2.27. The van der Waals surface area contributed by atoms with Crippen molar-refractivity contribution in [1.29, 1.82) is 0 Å². The Morgan fingerprint density at radius 2 is 2.04 bits per heavy atom. The molecule has 1 amide bonds. The van der Waals surface area contributed by atoms with Gasteiger partial charge in [0, 0.05) is 18.7 Å². The molecular formula is C16H15FN4O2. The van der Waals surface area contributed by atoms with Gasteiger partial charge in [-0.3, -0.25) is 9.48 Å². The van der Waals surface area contributed by atoms with Crippen molar-refractivity contribution in [2.45, 2.75) is 13.8 Å². The van der Waals surface area contributed by atoms with Gasteiger partial charge in [0.2, 0.25) is 0 Å². The zero-order valence-corrected chi connectivity index (χ0v) is 12.9. The van der Waals surface area contributed by atoms with Gasteiger partial charge in [-0.1, -0.05) is 16.8 Å². The molecular weight excluding hydrogens is 299 g/mol. The summed E-state index contributed by atoms with van der Waals surface area (Å²) >= 11 is 0. The van der Waals surface area contributed by atoms with E-state index in [2.05, 4.69) is 15.6 Å². The van der Waals surface area contributed by atoms with Crippen LogP contribution in [0.5, 0.6) is 0 Å². The normalized spacial score (nSPS) is 10.8. The summed E-state index contributed by atoms with van der Waals surface area (Å²) < 4.78 is 20.4. The lowest BCUT2D eigenvalue weighted by atomic mass is 10.1. The largest absolute Gasteiger partial charge is 0.360 e. The summed E-state index contributed by atoms with van der Waals surface area (Å²) in [6.45, 7) is 3.60. The summed E-state index contributed by atoms with van der Waals surface area (Å²) in [5.41, 5.74) is 2.01. The van der Waals surface area contributed by atoms with Crippen molar-refractivity contribution in [3.8, 4) is 11.3 Å². The highest BCUT2D eigenvalue weighted by Crippen LogP contribution is 2.24. The first kappa shape index (κ1) is 15.0. The van der Waals surface area contributed by atoms with Crippen molar-refractivity contribution in [2.75, 3.05) is 5.32 Å². The molecule has 0 spiro atoms. The smallest absolute Gasteiger partial charge is 0.277 e. The first-order valence-electron chi connectivity index (χ1n) is 6.99. The van der Waals surface area contributed by atoms with E-state index in [9.17, 15) is 9.18 Å². The average Bonchev–Trinajstić information content (AvgIpc) is 3.08. The van der Waals surface area contributed by atoms with Crippen LogP contribution in [-0.2, 0) is 7.05 Å². The number of halogens is 1. The summed E-state index contributed by atoms with van der Waals surface area (Å²) in [6, 6.07) is 7.95. The molecule has 0 saturated carbocycles. The highest BCUT2D eigenvalue weighted by atomic mass is 19.1. The van der Waals surface area contributed by atoms with Gasteiger partial charge in [-0.05, 0) is 32.0 Å². The number of carbonyl (C=O) groups excluding carboxylic acids is 1. The third-order valence-corrected chi connectivity index (χ3v) is 3.38. The average molecular weight is 314 g/mol. The number of nitrogens with zero attached hydrogens (tertiary/aromatic N) is 3. The third kappa shape index (κ3) is 2.98. The van der Waals surface area contributed by atoms with Crippen LogP contribution < -0.4 is 5.32 Å². The Bertz CT molecular complexity index is 882. The molecule has 0 aliphatic carbocycles. The second-order valence-electron chi connectivity index (χ2n) is 5.30. The Hall–Kier alpha value is -2.96. The van der Waals surface area contributed by atoms with E-state index in [0.717, 1.165) is 5.56 Å². The summed E-state index contributed by atoms with van der Waals surface area (Å²) in [6.07, 6.45) is 0. The standard InChI is InChI=1S/C16H15FN4O2/c1-9-4-5-12(17)11(6-9)14-8-13(19-21(14)3)16(22)18-15-7-10(2)23-20-15/h4-8H,1-3H3,(H,18,20,22). The highest BCUT2D eigenvalue weighted by molar-refractivity contribution is 6.02. The number of hydrogen-bond donors (Lipinski definition) is 1. The SMILES string of the molecule is Cc1ccc(F)c(-c2cc(C(=O)Nc3cc(C)on3)nn2C)c1. The van der Waals surface area contributed by atoms with Crippen molar-refractivity contribution in [3.05, 3.63) is 53.2 Å². The predicted molar refractivity (Wildman–Crippen MR) is 82.5 cm³/mol. The second kappa shape index (κ2) is 5.68. The molecule has 3 aromatic rings. The van der Waals surface area contributed by atoms with E-state index in [1.807, 2.05) is 6.92 Å². The molecule has 23 heavy (non-hydrogen) atoms. The van der Waals surface area contributed by atoms with Crippen molar-refractivity contribution < 1.29 is 13.7 Å². The molecule has 2 aromatic heterocycles. The molecule has 0 atom stereocenters. The minimum Gasteiger partial charge on any atom is -0.360 e. The van der Waals surface area contributed by atoms with E-state index < -0.39 is 5.91 Å². The van der Waals surface area contributed by atoms with E-state index in [4.69, 9.17) is 4.52 Å². The van der Waals surface area contributed by atoms with Crippen LogP contribution in [0.4, 0.5) is 10.2 Å². The van der Waals surface area contributed by atoms with Gasteiger partial charge in [-0.15, -0.1) is 0 Å². The van der Waals surface area contributed by atoms with E-state index in [0.29, 0.717) is 22.8 Å². The van der Waals surface area contributed by atoms with E-state index in [-0.39, 0.29) is 11.5 Å². The Morgan fingerprint density at radius 3 is 2.74 bits per heavy atom. The molecule has 2 heterocycles. The predicted octanol–water partition coefficient (Wildman–Crippen LogP) is 3.08. The van der Waals surface area contributed by atoms with Crippen LogP contribution in [0, 0.1) is 19.7 Å². The molecule has 6 nitrogen and oxygen atoms in total. The number of rotatable bonds is 3. The van der Waals surface area contributed by atoms with E-state index >= 15 is 0 Å². The molecule has 0 aliphatic rings. The van der Waals surface area contributed by atoms with Crippen molar-refractivity contribution in [1.82, 2.24) is 14.9 Å². The van der Waals surface area contributed by atoms with Gasteiger partial charge < -0.3 is 9.84 Å². The van der Waals surface area contributed by atoms with Crippen LogP contribution in [0.25, 0.3) is 11.3 Å². The number of anilines is 1. The number of carbonyl (C=O) groups is 1. The molecule has 0 radical (unpaired) electrons. The fourth-order valence-electron chi connectivity index (χ4n) is 2.27. The second-order valence-corrected chi connectivity index (χ2v) is 5.30. The first-order valence-corrected chi connectivity index (χ1v) is 6.99. The zero-order valence-electron chi connectivity index (χ0n) is 12.9. The van der Waals surface area contributed by atoms with Crippen LogP contribution in [0.1, 0.15) is 21.8 Å². The van der Waals surface area contributed by atoms with Crippen LogP contribution in [0.2, 0.25) is 0 Å². The molecule has 1 aromatic carbocycles. The Labute approximate surface area is 131 Å². The molecule has 0 aliphatic heterocycles. The van der Waals surface area contributed by atoms with Gasteiger partial charge in [-0.25, -0.2) is 4.39 Å². The Balaban J connectivity index is 1.91. The molecule has 3 rings (SSSR count).